The molecule has 2 aromatic rings. The van der Waals surface area contributed by atoms with Crippen molar-refractivity contribution in [1.82, 2.24) is 0 Å². The van der Waals surface area contributed by atoms with Gasteiger partial charge in [-0.15, -0.1) is 0 Å². The van der Waals surface area contributed by atoms with Gasteiger partial charge in [-0.25, -0.2) is 4.79 Å². The lowest BCUT2D eigenvalue weighted by Crippen LogP contribution is -2.27. The van der Waals surface area contributed by atoms with Crippen molar-refractivity contribution < 1.29 is 23.8 Å². The van der Waals surface area contributed by atoms with Gasteiger partial charge < -0.3 is 24.8 Å². The zero-order valence-electron chi connectivity index (χ0n) is 17.4. The molecule has 29 heavy (non-hydrogen) atoms. The van der Waals surface area contributed by atoms with Crippen LogP contribution >= 0.6 is 0 Å². The Morgan fingerprint density at radius 2 is 1.79 bits per heavy atom. The van der Waals surface area contributed by atoms with E-state index in [1.165, 1.54) is 31.3 Å². The van der Waals surface area contributed by atoms with Crippen molar-refractivity contribution >= 4 is 17.6 Å². The summed E-state index contributed by atoms with van der Waals surface area (Å²) in [5.74, 6) is 0.130. The number of nitrogens with two attached hydrogens (primary N) is 1. The van der Waals surface area contributed by atoms with Crippen molar-refractivity contribution in [1.29, 1.82) is 0 Å². The molecule has 0 aliphatic heterocycles. The number of hydrogen-bond acceptors (Lipinski definition) is 6. The number of benzene rings is 2. The van der Waals surface area contributed by atoms with E-state index in [4.69, 9.17) is 19.9 Å². The highest BCUT2D eigenvalue weighted by molar-refractivity contribution is 6.07. The molecule has 0 unspecified atom stereocenters. The third kappa shape index (κ3) is 5.48. The van der Waals surface area contributed by atoms with E-state index in [9.17, 15) is 9.59 Å². The summed E-state index contributed by atoms with van der Waals surface area (Å²) >= 11 is 0. The molecule has 0 spiro atoms. The number of aryl methyl sites for hydroxylation is 1. The standard InChI is InChI=1S/C22H28N2O5/c1-15-7-10-18(20(13-15)29-12-6-5-11-23)24(2)21(25)16-8-9-17(22(26)28-4)19(14-16)27-3/h7-10,13-14H,5-6,11-12,23H2,1-4H3. The molecule has 0 saturated heterocycles. The second-order valence-corrected chi connectivity index (χ2v) is 6.59. The van der Waals surface area contributed by atoms with Crippen LogP contribution in [0.4, 0.5) is 5.69 Å². The highest BCUT2D eigenvalue weighted by Crippen LogP contribution is 2.31. The van der Waals surface area contributed by atoms with Gasteiger partial charge >= 0.3 is 5.97 Å². The third-order valence-electron chi connectivity index (χ3n) is 4.49. The van der Waals surface area contributed by atoms with Crippen LogP contribution in [0.5, 0.6) is 11.5 Å². The molecule has 7 heteroatoms. The molecule has 0 radical (unpaired) electrons. The molecule has 0 heterocycles. The van der Waals surface area contributed by atoms with Crippen LogP contribution < -0.4 is 20.1 Å². The number of methoxy groups -OCH3 is 2. The second kappa shape index (κ2) is 10.5. The number of carbonyl (C=O) groups is 2. The zero-order chi connectivity index (χ0) is 21.4. The Kier molecular flexibility index (Phi) is 8.03. The highest BCUT2D eigenvalue weighted by Gasteiger charge is 2.21. The lowest BCUT2D eigenvalue weighted by atomic mass is 10.1. The molecule has 7 nitrogen and oxygen atoms in total. The van der Waals surface area contributed by atoms with Gasteiger partial charge in [-0.05, 0) is 62.2 Å². The summed E-state index contributed by atoms with van der Waals surface area (Å²) in [5, 5.41) is 0. The molecule has 0 atom stereocenters. The van der Waals surface area contributed by atoms with Gasteiger partial charge in [0.1, 0.15) is 17.1 Å². The first-order chi connectivity index (χ1) is 13.9. The largest absolute Gasteiger partial charge is 0.496 e. The number of hydrogen-bond donors (Lipinski definition) is 1. The molecule has 0 fully saturated rings. The van der Waals surface area contributed by atoms with Crippen molar-refractivity contribution in [2.24, 2.45) is 5.73 Å². The van der Waals surface area contributed by atoms with Gasteiger partial charge in [-0.1, -0.05) is 6.07 Å². The maximum Gasteiger partial charge on any atom is 0.341 e. The minimum absolute atomic E-state index is 0.254. The number of ether oxygens (including phenoxy) is 3. The fourth-order valence-corrected chi connectivity index (χ4v) is 2.85. The van der Waals surface area contributed by atoms with Crippen LogP contribution in [-0.4, -0.2) is 46.3 Å². The average molecular weight is 400 g/mol. The molecule has 0 saturated carbocycles. The number of anilines is 1. The summed E-state index contributed by atoms with van der Waals surface area (Å²) in [6.45, 7) is 3.11. The van der Waals surface area contributed by atoms with Gasteiger partial charge in [-0.2, -0.15) is 0 Å². The summed E-state index contributed by atoms with van der Waals surface area (Å²) in [7, 11) is 4.41. The fourth-order valence-electron chi connectivity index (χ4n) is 2.85. The van der Waals surface area contributed by atoms with E-state index in [1.807, 2.05) is 25.1 Å². The Balaban J connectivity index is 2.29. The molecular formula is C22H28N2O5. The molecule has 0 aliphatic rings. The third-order valence-corrected chi connectivity index (χ3v) is 4.49. The molecule has 2 aromatic carbocycles. The maximum absolute atomic E-state index is 13.1. The van der Waals surface area contributed by atoms with E-state index in [0.29, 0.717) is 30.2 Å². The lowest BCUT2D eigenvalue weighted by Gasteiger charge is -2.22. The molecule has 0 aromatic heterocycles. The van der Waals surface area contributed by atoms with E-state index in [-0.39, 0.29) is 17.2 Å². The number of carbonyl (C=O) groups excluding carboxylic acids is 2. The van der Waals surface area contributed by atoms with Crippen LogP contribution in [-0.2, 0) is 4.74 Å². The molecular weight excluding hydrogens is 372 g/mol. The van der Waals surface area contributed by atoms with Crippen LogP contribution in [0.25, 0.3) is 0 Å². The van der Waals surface area contributed by atoms with Crippen molar-refractivity contribution in [2.45, 2.75) is 19.8 Å². The SMILES string of the molecule is COC(=O)c1ccc(C(=O)N(C)c2ccc(C)cc2OCCCCN)cc1OC. The van der Waals surface area contributed by atoms with Crippen molar-refractivity contribution in [2.75, 3.05) is 39.3 Å². The van der Waals surface area contributed by atoms with E-state index in [2.05, 4.69) is 0 Å². The van der Waals surface area contributed by atoms with Gasteiger partial charge in [0.05, 0.1) is 26.5 Å². The molecule has 2 rings (SSSR count). The van der Waals surface area contributed by atoms with Gasteiger partial charge in [-0.3, -0.25) is 4.79 Å². The number of unbranched alkanes of at least 4 members (excludes halogenated alkanes) is 1. The topological polar surface area (TPSA) is 91.1 Å². The monoisotopic (exact) mass is 400 g/mol. The summed E-state index contributed by atoms with van der Waals surface area (Å²) in [4.78, 5) is 26.4. The maximum atomic E-state index is 13.1. The molecule has 156 valence electrons. The van der Waals surface area contributed by atoms with Crippen molar-refractivity contribution in [3.63, 3.8) is 0 Å². The Hall–Kier alpha value is -3.06. The summed E-state index contributed by atoms with van der Waals surface area (Å²) in [6.07, 6.45) is 1.72. The van der Waals surface area contributed by atoms with E-state index < -0.39 is 5.97 Å². The Morgan fingerprint density at radius 3 is 2.45 bits per heavy atom. The minimum atomic E-state index is -0.527. The van der Waals surface area contributed by atoms with Gasteiger partial charge in [0.25, 0.3) is 5.91 Å². The summed E-state index contributed by atoms with van der Waals surface area (Å²) < 4.78 is 15.9. The van der Waals surface area contributed by atoms with Crippen LogP contribution in [0.1, 0.15) is 39.1 Å². The van der Waals surface area contributed by atoms with Crippen LogP contribution in [0.2, 0.25) is 0 Å². The molecule has 0 aliphatic carbocycles. The first kappa shape index (κ1) is 22.2. The van der Waals surface area contributed by atoms with E-state index in [0.717, 1.165) is 18.4 Å². The normalized spacial score (nSPS) is 10.4. The molecule has 0 bridgehead atoms. The average Bonchev–Trinajstić information content (AvgIpc) is 2.74. The Labute approximate surface area is 171 Å². The van der Waals surface area contributed by atoms with Crippen LogP contribution in [0.15, 0.2) is 36.4 Å². The Bertz CT molecular complexity index is 866. The number of esters is 1. The van der Waals surface area contributed by atoms with Gasteiger partial charge in [0.15, 0.2) is 0 Å². The number of rotatable bonds is 9. The lowest BCUT2D eigenvalue weighted by molar-refractivity contribution is 0.0596. The summed E-state index contributed by atoms with van der Waals surface area (Å²) in [5.41, 5.74) is 7.86. The first-order valence-corrected chi connectivity index (χ1v) is 9.40. The van der Waals surface area contributed by atoms with Crippen LogP contribution in [0, 0.1) is 6.92 Å². The Morgan fingerprint density at radius 1 is 1.03 bits per heavy atom. The molecule has 2 N–H and O–H groups in total. The van der Waals surface area contributed by atoms with E-state index >= 15 is 0 Å². The smallest absolute Gasteiger partial charge is 0.341 e. The van der Waals surface area contributed by atoms with Crippen molar-refractivity contribution in [3.8, 4) is 11.5 Å². The molecule has 1 amide bonds. The fraction of sp³-hybridized carbons (Fsp3) is 0.364. The first-order valence-electron chi connectivity index (χ1n) is 9.40. The van der Waals surface area contributed by atoms with Gasteiger partial charge in [0, 0.05) is 12.6 Å². The van der Waals surface area contributed by atoms with Crippen molar-refractivity contribution in [3.05, 3.63) is 53.1 Å². The minimum Gasteiger partial charge on any atom is -0.496 e. The van der Waals surface area contributed by atoms with Crippen LogP contribution in [0.3, 0.4) is 0 Å². The number of nitrogens with zero attached hydrogens (tertiary/aromatic N) is 1. The second-order valence-electron chi connectivity index (χ2n) is 6.59. The number of amides is 1. The summed E-state index contributed by atoms with van der Waals surface area (Å²) in [6, 6.07) is 10.3. The predicted octanol–water partition coefficient (Wildman–Crippen LogP) is 3.18. The highest BCUT2D eigenvalue weighted by atomic mass is 16.5. The predicted molar refractivity (Wildman–Crippen MR) is 112 cm³/mol. The van der Waals surface area contributed by atoms with Gasteiger partial charge in [0.2, 0.25) is 0 Å². The zero-order valence-corrected chi connectivity index (χ0v) is 17.4. The van der Waals surface area contributed by atoms with E-state index in [1.54, 1.807) is 13.1 Å². The quantitative estimate of drug-likeness (QED) is 0.513.